The zero-order valence-electron chi connectivity index (χ0n) is 46.0. The number of primary amides is 1. The molecule has 446 valence electrons. The number of hydrogen-bond donors (Lipinski definition) is 12. The maximum atomic E-state index is 13.8. The van der Waals surface area contributed by atoms with Gasteiger partial charge in [-0.1, -0.05) is 82.3 Å². The van der Waals surface area contributed by atoms with E-state index in [1.54, 1.807) is 7.05 Å². The van der Waals surface area contributed by atoms with Crippen molar-refractivity contribution >= 4 is 53.4 Å². The van der Waals surface area contributed by atoms with Gasteiger partial charge in [-0.2, -0.15) is 5.21 Å². The lowest BCUT2D eigenvalue weighted by Gasteiger charge is -2.26. The molecule has 0 saturated carbocycles. The summed E-state index contributed by atoms with van der Waals surface area (Å²) in [4.78, 5) is 113. The molecule has 1 aromatic rings. The van der Waals surface area contributed by atoms with Crippen molar-refractivity contribution < 1.29 is 67.9 Å². The third-order valence-corrected chi connectivity index (χ3v) is 12.7. The van der Waals surface area contributed by atoms with Crippen LogP contribution in [-0.2, 0) is 59.0 Å². The molecule has 0 aliphatic rings. The summed E-state index contributed by atoms with van der Waals surface area (Å²) in [6, 6.07) is -4.66. The molecule has 0 fully saturated rings. The first-order valence-electron chi connectivity index (χ1n) is 27.9. The second-order valence-electron chi connectivity index (χ2n) is 19.4. The highest BCUT2D eigenvalue weighted by Crippen LogP contribution is 2.14. The minimum absolute atomic E-state index is 0.00531. The Morgan fingerprint density at radius 3 is 1.63 bits per heavy atom. The maximum Gasteiger partial charge on any atom is 0.317 e. The van der Waals surface area contributed by atoms with E-state index >= 15 is 0 Å². The first kappa shape index (κ1) is 70.1. The number of H-pyrrole nitrogens is 1. The second kappa shape index (κ2) is 46.1. The number of aromatic amines is 1. The molecule has 0 aromatic carbocycles. The Bertz CT molecular complexity index is 1830. The summed E-state index contributed by atoms with van der Waals surface area (Å²) < 4.78 is 10.9. The number of aromatic nitrogens is 4. The highest BCUT2D eigenvalue weighted by Gasteiger charge is 2.31. The summed E-state index contributed by atoms with van der Waals surface area (Å²) in [5.74, 6) is -6.46. The molecule has 1 aromatic heterocycles. The second-order valence-corrected chi connectivity index (χ2v) is 19.4. The average Bonchev–Trinajstić information content (AvgIpc) is 3.92. The number of aryl methyl sites for hydroxylation is 1. The van der Waals surface area contributed by atoms with Gasteiger partial charge in [-0.3, -0.25) is 48.1 Å². The smallest absolute Gasteiger partial charge is 0.317 e. The molecular weight excluding hydrogens is 1020 g/mol. The number of hydrogen-bond acceptors (Lipinski definition) is 17. The Hall–Kier alpha value is -5.90. The molecule has 0 saturated heterocycles. The van der Waals surface area contributed by atoms with Gasteiger partial charge in [0.25, 0.3) is 0 Å². The first-order valence-corrected chi connectivity index (χ1v) is 27.9. The Morgan fingerprint density at radius 1 is 0.551 bits per heavy atom. The molecule has 6 amide bonds. The number of carboxylic acid groups (broad SMARTS) is 3. The fourth-order valence-corrected chi connectivity index (χ4v) is 8.38. The van der Waals surface area contributed by atoms with E-state index in [0.717, 1.165) is 37.9 Å². The quantitative estimate of drug-likeness (QED) is 0.0401. The number of nitrogens with two attached hydrogens (primary N) is 2. The largest absolute Gasteiger partial charge is 0.481 e. The number of likely N-dealkylation sites (N-methyl/N-ethyl adjacent to an activating group) is 1. The number of nitrogens with one attached hydrogen (secondary N) is 7. The summed E-state index contributed by atoms with van der Waals surface area (Å²) in [6.45, 7) is 0.390. The molecule has 0 aliphatic heterocycles. The van der Waals surface area contributed by atoms with Gasteiger partial charge < -0.3 is 68.2 Å². The third kappa shape index (κ3) is 38.6. The van der Waals surface area contributed by atoms with Crippen molar-refractivity contribution in [2.24, 2.45) is 11.5 Å². The topological polar surface area (TPSA) is 415 Å². The Kier molecular flexibility index (Phi) is 41.4. The minimum Gasteiger partial charge on any atom is -0.481 e. The van der Waals surface area contributed by atoms with Gasteiger partial charge in [-0.15, -0.1) is 10.2 Å². The Labute approximate surface area is 458 Å². The van der Waals surface area contributed by atoms with Gasteiger partial charge in [-0.25, -0.2) is 0 Å². The van der Waals surface area contributed by atoms with Crippen LogP contribution in [0.1, 0.15) is 166 Å². The van der Waals surface area contributed by atoms with Crippen molar-refractivity contribution in [1.82, 2.24) is 57.4 Å². The lowest BCUT2D eigenvalue weighted by Crippen LogP contribution is -2.57. The van der Waals surface area contributed by atoms with E-state index in [4.69, 9.17) is 20.9 Å². The van der Waals surface area contributed by atoms with Gasteiger partial charge in [-0.05, 0) is 90.8 Å². The molecule has 1 heterocycles. The van der Waals surface area contributed by atoms with Gasteiger partial charge in [0.05, 0.1) is 39.0 Å². The van der Waals surface area contributed by atoms with Crippen LogP contribution in [0.5, 0.6) is 0 Å². The third-order valence-electron chi connectivity index (χ3n) is 12.7. The van der Waals surface area contributed by atoms with Crippen LogP contribution in [0.3, 0.4) is 0 Å². The fourth-order valence-electron chi connectivity index (χ4n) is 8.38. The van der Waals surface area contributed by atoms with Crippen LogP contribution in [0, 0.1) is 0 Å². The molecule has 0 bridgehead atoms. The predicted molar refractivity (Wildman–Crippen MR) is 287 cm³/mol. The molecule has 14 N–H and O–H groups in total. The van der Waals surface area contributed by atoms with Gasteiger partial charge in [0.1, 0.15) is 24.7 Å². The van der Waals surface area contributed by atoms with Crippen molar-refractivity contribution in [3.63, 3.8) is 0 Å². The van der Waals surface area contributed by atoms with Crippen LogP contribution < -0.4 is 43.4 Å². The summed E-state index contributed by atoms with van der Waals surface area (Å²) >= 11 is 0. The van der Waals surface area contributed by atoms with Crippen molar-refractivity contribution in [1.29, 1.82) is 0 Å². The lowest BCUT2D eigenvalue weighted by molar-refractivity contribution is -0.142. The van der Waals surface area contributed by atoms with Gasteiger partial charge in [0, 0.05) is 32.4 Å². The van der Waals surface area contributed by atoms with Crippen LogP contribution in [-0.4, -0.2) is 191 Å². The molecule has 0 radical (unpaired) electrons. The zero-order valence-corrected chi connectivity index (χ0v) is 46.0. The van der Waals surface area contributed by atoms with E-state index in [-0.39, 0.29) is 76.8 Å². The first-order chi connectivity index (χ1) is 37.6. The molecule has 27 nitrogen and oxygen atoms in total. The maximum absolute atomic E-state index is 13.8. The minimum atomic E-state index is -1.38. The monoisotopic (exact) mass is 1110 g/mol. The van der Waals surface area contributed by atoms with E-state index in [9.17, 15) is 58.5 Å². The molecule has 1 rings (SSSR count). The normalized spacial score (nSPS) is 12.8. The van der Waals surface area contributed by atoms with Crippen molar-refractivity contribution in [3.8, 4) is 0 Å². The van der Waals surface area contributed by atoms with E-state index in [2.05, 4.69) is 52.5 Å². The molecule has 0 aliphatic carbocycles. The number of carbonyl (C=O) groups excluding carboxylic acids is 6. The number of amides is 6. The van der Waals surface area contributed by atoms with E-state index in [1.807, 2.05) is 0 Å². The Balaban J connectivity index is 2.43. The van der Waals surface area contributed by atoms with Crippen LogP contribution in [0.25, 0.3) is 0 Å². The van der Waals surface area contributed by atoms with Crippen LogP contribution in [0.2, 0.25) is 0 Å². The lowest BCUT2D eigenvalue weighted by atomic mass is 10.0. The van der Waals surface area contributed by atoms with Gasteiger partial charge >= 0.3 is 17.9 Å². The fraction of sp³-hybridized carbons (Fsp3) is 0.804. The van der Waals surface area contributed by atoms with Crippen molar-refractivity contribution in [2.75, 3.05) is 72.7 Å². The van der Waals surface area contributed by atoms with E-state index in [1.165, 1.54) is 62.7 Å². The predicted octanol–water partition coefficient (Wildman–Crippen LogP) is 0.802. The summed E-state index contributed by atoms with van der Waals surface area (Å²) in [7, 11) is 1.55. The van der Waals surface area contributed by atoms with Crippen LogP contribution in [0.15, 0.2) is 0 Å². The number of rotatable bonds is 53. The molecule has 27 heteroatoms. The summed E-state index contributed by atoms with van der Waals surface area (Å²) in [5, 5.41) is 58.0. The summed E-state index contributed by atoms with van der Waals surface area (Å²) in [6.07, 6.45) is 18.6. The molecule has 78 heavy (non-hydrogen) atoms. The number of carboxylic acids is 3. The van der Waals surface area contributed by atoms with Gasteiger partial charge in [0.2, 0.25) is 35.4 Å². The highest BCUT2D eigenvalue weighted by molar-refractivity contribution is 5.94. The molecular formula is C51H93N13O14. The number of aliphatic carboxylic acids is 3. The molecule has 0 spiro atoms. The number of ether oxygens (including phenoxy) is 2. The zero-order chi connectivity index (χ0) is 57.6. The highest BCUT2D eigenvalue weighted by atomic mass is 16.5. The van der Waals surface area contributed by atoms with Crippen LogP contribution >= 0.6 is 0 Å². The SMILES string of the molecule is CN[C@@H](CCCCN)C(=O)N[C@@H](CCC(=O)O)C(=O)N[C@@H](CCCCN(CC(=O)O)CC(=O)O)C(=O)N[C@@H](CCCCNC(=O)COCCOCCNC(=O)CCCCCCCCCCCCCCCc1nn[nH]n1)C(N)=O. The molecule has 4 atom stereocenters. The number of carbonyl (C=O) groups is 9. The van der Waals surface area contributed by atoms with E-state index in [0.29, 0.717) is 58.2 Å². The van der Waals surface area contributed by atoms with Crippen molar-refractivity contribution in [2.45, 2.75) is 191 Å². The number of tetrazole rings is 1. The van der Waals surface area contributed by atoms with Crippen molar-refractivity contribution in [3.05, 3.63) is 5.82 Å². The van der Waals surface area contributed by atoms with E-state index < -0.39 is 85.2 Å². The number of nitrogens with zero attached hydrogens (tertiary/aromatic N) is 4. The standard InChI is InChI=1S/C51H93N13O14/c1-54-39(22-15-18-28-52)49(74)59-41(26-27-45(67)68)51(76)58-40(23-17-20-31-64(35-46(69)70)36-47(71)72)50(75)57-38(48(53)73)21-16-19-29-55-44(66)37-78-34-33-77-32-30-56-43(65)25-14-12-10-8-6-4-2-3-5-7-9-11-13-24-42-60-62-63-61-42/h38-41,54H,2-37,52H2,1H3,(H2,53,73)(H,55,66)(H,56,65)(H,57,75)(H,58,76)(H,59,74)(H,67,68)(H,69,70)(H,71,72)(H,60,61,62,63)/t38-,39-,40-,41-/m0/s1. The number of unbranched alkanes of at least 4 members (excludes halogenated alkanes) is 15. The average molecular weight is 1110 g/mol. The van der Waals surface area contributed by atoms with Gasteiger partial charge in [0.15, 0.2) is 5.82 Å². The Morgan fingerprint density at radius 2 is 1.06 bits per heavy atom. The summed E-state index contributed by atoms with van der Waals surface area (Å²) in [5.41, 5.74) is 11.2. The molecule has 0 unspecified atom stereocenters. The van der Waals surface area contributed by atoms with Crippen LogP contribution in [0.4, 0.5) is 0 Å².